The molecule has 4 nitrogen and oxygen atoms in total. The van der Waals surface area contributed by atoms with Crippen molar-refractivity contribution in [1.29, 1.82) is 0 Å². The van der Waals surface area contributed by atoms with Crippen LogP contribution in [0.4, 0.5) is 5.69 Å². The Hall–Kier alpha value is -2.79. The number of rotatable bonds is 4. The lowest BCUT2D eigenvalue weighted by molar-refractivity contribution is 0.601. The number of hydrogen-bond acceptors (Lipinski definition) is 2. The molecule has 0 saturated carbocycles. The summed E-state index contributed by atoms with van der Waals surface area (Å²) in [4.78, 5) is 0.272. The Balaban J connectivity index is 1.82. The molecule has 0 amide bonds. The van der Waals surface area contributed by atoms with Crippen LogP contribution in [0, 0.1) is 6.92 Å². The number of nitrogens with zero attached hydrogens (tertiary/aromatic N) is 1. The molecule has 3 aromatic carbocycles. The van der Waals surface area contributed by atoms with Crippen LogP contribution >= 0.6 is 0 Å². The molecule has 1 N–H and O–H groups in total. The lowest BCUT2D eigenvalue weighted by Gasteiger charge is -2.09. The second kappa shape index (κ2) is 6.18. The lowest BCUT2D eigenvalue weighted by atomic mass is 10.1. The molecule has 0 saturated heterocycles. The van der Waals surface area contributed by atoms with Gasteiger partial charge in [-0.3, -0.25) is 4.72 Å². The van der Waals surface area contributed by atoms with Gasteiger partial charge in [0.2, 0.25) is 0 Å². The average Bonchev–Trinajstić information content (AvgIpc) is 2.94. The zero-order valence-corrected chi connectivity index (χ0v) is 15.5. The van der Waals surface area contributed by atoms with Gasteiger partial charge in [0.15, 0.2) is 0 Å². The predicted molar refractivity (Wildman–Crippen MR) is 107 cm³/mol. The average molecular weight is 364 g/mol. The molecule has 0 aliphatic heterocycles. The minimum Gasteiger partial charge on any atom is -0.341 e. The molecule has 0 unspecified atom stereocenters. The number of sulfonamides is 1. The van der Waals surface area contributed by atoms with Crippen LogP contribution in [0.1, 0.15) is 12.5 Å². The van der Waals surface area contributed by atoms with E-state index in [9.17, 15) is 8.42 Å². The summed E-state index contributed by atoms with van der Waals surface area (Å²) in [7, 11) is -3.61. The number of aryl methyl sites for hydroxylation is 2. The third-order valence-electron chi connectivity index (χ3n) is 4.64. The largest absolute Gasteiger partial charge is 0.341 e. The van der Waals surface area contributed by atoms with Gasteiger partial charge in [-0.1, -0.05) is 30.3 Å². The maximum absolute atomic E-state index is 12.7. The number of hydrogen-bond donors (Lipinski definition) is 1. The highest BCUT2D eigenvalue weighted by molar-refractivity contribution is 7.92. The normalized spacial score (nSPS) is 11.9. The second-order valence-corrected chi connectivity index (χ2v) is 8.10. The van der Waals surface area contributed by atoms with Crippen molar-refractivity contribution in [2.24, 2.45) is 0 Å². The Kier molecular flexibility index (Phi) is 3.96. The first-order valence-corrected chi connectivity index (χ1v) is 10.1. The smallest absolute Gasteiger partial charge is 0.261 e. The molecule has 0 fully saturated rings. The predicted octanol–water partition coefficient (Wildman–Crippen LogP) is 4.92. The zero-order valence-electron chi connectivity index (χ0n) is 14.7. The topological polar surface area (TPSA) is 51.1 Å². The van der Waals surface area contributed by atoms with Crippen molar-refractivity contribution < 1.29 is 8.42 Å². The van der Waals surface area contributed by atoms with Gasteiger partial charge >= 0.3 is 0 Å². The molecule has 0 aliphatic carbocycles. The van der Waals surface area contributed by atoms with E-state index in [4.69, 9.17) is 0 Å². The number of fused-ring (bicyclic) bond motifs is 3. The summed E-state index contributed by atoms with van der Waals surface area (Å²) in [6.45, 7) is 4.85. The summed E-state index contributed by atoms with van der Waals surface area (Å²) in [5, 5.41) is 2.17. The van der Waals surface area contributed by atoms with Crippen molar-refractivity contribution in [1.82, 2.24) is 4.57 Å². The second-order valence-electron chi connectivity index (χ2n) is 6.42. The molecule has 0 bridgehead atoms. The standard InChI is InChI=1S/C21H20N2O2S/c1-3-23-20-10-5-4-9-18(20)19-14-16(11-12-21(19)23)22-26(24,25)17-8-6-7-15(2)13-17/h4-14,22H,3H2,1-2H3. The van der Waals surface area contributed by atoms with Crippen molar-refractivity contribution in [3.63, 3.8) is 0 Å². The fraction of sp³-hybridized carbons (Fsp3) is 0.143. The molecule has 0 radical (unpaired) electrons. The maximum atomic E-state index is 12.7. The molecule has 4 aromatic rings. The summed E-state index contributed by atoms with van der Waals surface area (Å²) >= 11 is 0. The van der Waals surface area contributed by atoms with Gasteiger partial charge in [-0.2, -0.15) is 0 Å². The minimum atomic E-state index is -3.61. The van der Waals surface area contributed by atoms with Crippen LogP contribution in [0.15, 0.2) is 71.6 Å². The van der Waals surface area contributed by atoms with Crippen molar-refractivity contribution >= 4 is 37.5 Å². The van der Waals surface area contributed by atoms with E-state index in [1.54, 1.807) is 18.2 Å². The number of para-hydroxylation sites is 1. The van der Waals surface area contributed by atoms with Crippen LogP contribution in [0.5, 0.6) is 0 Å². The van der Waals surface area contributed by atoms with E-state index >= 15 is 0 Å². The monoisotopic (exact) mass is 364 g/mol. The molecule has 5 heteroatoms. The van der Waals surface area contributed by atoms with E-state index in [0.29, 0.717) is 5.69 Å². The Morgan fingerprint density at radius 3 is 2.42 bits per heavy atom. The number of benzene rings is 3. The summed E-state index contributed by atoms with van der Waals surface area (Å²) in [6.07, 6.45) is 0. The Bertz CT molecular complexity index is 1220. The maximum Gasteiger partial charge on any atom is 0.261 e. The molecule has 0 aliphatic rings. The Morgan fingerprint density at radius 1 is 0.885 bits per heavy atom. The van der Waals surface area contributed by atoms with E-state index in [1.807, 2.05) is 43.3 Å². The summed E-state index contributed by atoms with van der Waals surface area (Å²) in [6, 6.07) is 20.8. The van der Waals surface area contributed by atoms with Gasteiger partial charge in [-0.15, -0.1) is 0 Å². The molecule has 0 spiro atoms. The quantitative estimate of drug-likeness (QED) is 0.558. The van der Waals surface area contributed by atoms with E-state index in [1.165, 1.54) is 0 Å². The van der Waals surface area contributed by atoms with Crippen molar-refractivity contribution in [2.45, 2.75) is 25.3 Å². The van der Waals surface area contributed by atoms with Crippen LogP contribution in [-0.4, -0.2) is 13.0 Å². The van der Waals surface area contributed by atoms with Crippen molar-refractivity contribution in [3.05, 3.63) is 72.3 Å². The van der Waals surface area contributed by atoms with Gasteiger partial charge in [0.1, 0.15) is 0 Å². The first-order valence-electron chi connectivity index (χ1n) is 8.60. The van der Waals surface area contributed by atoms with Crippen LogP contribution in [0.2, 0.25) is 0 Å². The van der Waals surface area contributed by atoms with Gasteiger partial charge in [0.05, 0.1) is 4.90 Å². The highest BCUT2D eigenvalue weighted by Crippen LogP contribution is 2.31. The molecule has 4 rings (SSSR count). The molecular formula is C21H20N2O2S. The van der Waals surface area contributed by atoms with E-state index in [2.05, 4.69) is 28.3 Å². The van der Waals surface area contributed by atoms with E-state index in [0.717, 1.165) is 33.9 Å². The molecular weight excluding hydrogens is 344 g/mol. The molecule has 0 atom stereocenters. The third kappa shape index (κ3) is 2.74. The number of aromatic nitrogens is 1. The summed E-state index contributed by atoms with van der Waals surface area (Å²) < 4.78 is 30.3. The van der Waals surface area contributed by atoms with Gasteiger partial charge in [0.25, 0.3) is 10.0 Å². The third-order valence-corrected chi connectivity index (χ3v) is 6.02. The Morgan fingerprint density at radius 2 is 1.65 bits per heavy atom. The first-order chi connectivity index (χ1) is 12.5. The van der Waals surface area contributed by atoms with Crippen LogP contribution < -0.4 is 4.72 Å². The van der Waals surface area contributed by atoms with Gasteiger partial charge < -0.3 is 4.57 Å². The van der Waals surface area contributed by atoms with Crippen molar-refractivity contribution in [2.75, 3.05) is 4.72 Å². The minimum absolute atomic E-state index is 0.272. The lowest BCUT2D eigenvalue weighted by Crippen LogP contribution is -2.13. The highest BCUT2D eigenvalue weighted by atomic mass is 32.2. The van der Waals surface area contributed by atoms with Gasteiger partial charge in [-0.05, 0) is 55.8 Å². The Labute approximate surface area is 153 Å². The highest BCUT2D eigenvalue weighted by Gasteiger charge is 2.16. The van der Waals surface area contributed by atoms with Crippen LogP contribution in [-0.2, 0) is 16.6 Å². The van der Waals surface area contributed by atoms with Crippen LogP contribution in [0.3, 0.4) is 0 Å². The number of nitrogens with one attached hydrogen (secondary N) is 1. The summed E-state index contributed by atoms with van der Waals surface area (Å²) in [5.41, 5.74) is 3.74. The van der Waals surface area contributed by atoms with Gasteiger partial charge in [0, 0.05) is 34.0 Å². The van der Waals surface area contributed by atoms with Gasteiger partial charge in [-0.25, -0.2) is 8.42 Å². The van der Waals surface area contributed by atoms with Crippen LogP contribution in [0.25, 0.3) is 21.8 Å². The molecule has 1 heterocycles. The molecule has 1 aromatic heterocycles. The molecule has 26 heavy (non-hydrogen) atoms. The van der Waals surface area contributed by atoms with E-state index < -0.39 is 10.0 Å². The summed E-state index contributed by atoms with van der Waals surface area (Å²) in [5.74, 6) is 0. The van der Waals surface area contributed by atoms with Crippen molar-refractivity contribution in [3.8, 4) is 0 Å². The number of anilines is 1. The molecule has 132 valence electrons. The first kappa shape index (κ1) is 16.7. The zero-order chi connectivity index (χ0) is 18.3. The fourth-order valence-corrected chi connectivity index (χ4v) is 4.61. The SMILES string of the molecule is CCn1c2ccccc2c2cc(NS(=O)(=O)c3cccc(C)c3)ccc21. The fourth-order valence-electron chi connectivity index (χ4n) is 3.45. The van der Waals surface area contributed by atoms with E-state index in [-0.39, 0.29) is 4.90 Å².